The van der Waals surface area contributed by atoms with Crippen LogP contribution in [-0.2, 0) is 4.74 Å². The summed E-state index contributed by atoms with van der Waals surface area (Å²) in [5.41, 5.74) is 2.26. The Hall–Kier alpha value is -3.55. The van der Waals surface area contributed by atoms with Crippen molar-refractivity contribution in [2.45, 2.75) is 27.7 Å². The van der Waals surface area contributed by atoms with Crippen LogP contribution in [0.1, 0.15) is 44.8 Å². The Balaban J connectivity index is 1.72. The Bertz CT molecular complexity index is 1080. The Labute approximate surface area is 174 Å². The van der Waals surface area contributed by atoms with Gasteiger partial charge in [0.05, 0.1) is 19.3 Å². The van der Waals surface area contributed by atoms with Crippen LogP contribution in [0.5, 0.6) is 11.5 Å². The van der Waals surface area contributed by atoms with Gasteiger partial charge in [0.2, 0.25) is 5.78 Å². The number of hydrogen-bond donors (Lipinski definition) is 0. The van der Waals surface area contributed by atoms with Gasteiger partial charge in [-0.25, -0.2) is 4.79 Å². The standard InChI is InChI=1S/C22H24N2O6/c1-6-28-19-8-7-16(11-20(19)27-5)22(26)29-12-18(25)17-9-13(2)24(15(17)4)21-10-14(3)30-23-21/h7-11H,6,12H2,1-5H3. The molecule has 3 aromatic rings. The van der Waals surface area contributed by atoms with E-state index in [0.29, 0.717) is 40.9 Å². The molecule has 0 aliphatic carbocycles. The number of esters is 1. The Morgan fingerprint density at radius 1 is 1.10 bits per heavy atom. The third kappa shape index (κ3) is 4.22. The maximum Gasteiger partial charge on any atom is 0.338 e. The SMILES string of the molecule is CCOc1ccc(C(=O)OCC(=O)c2cc(C)n(-c3cc(C)on3)c2C)cc1OC. The summed E-state index contributed by atoms with van der Waals surface area (Å²) in [6.07, 6.45) is 0. The number of carbonyl (C=O) groups excluding carboxylic acids is 2. The summed E-state index contributed by atoms with van der Waals surface area (Å²) in [7, 11) is 1.49. The lowest BCUT2D eigenvalue weighted by Gasteiger charge is -2.11. The number of rotatable bonds is 8. The lowest BCUT2D eigenvalue weighted by molar-refractivity contribution is 0.0474. The first-order valence-corrected chi connectivity index (χ1v) is 9.49. The molecular formula is C22H24N2O6. The van der Waals surface area contributed by atoms with E-state index in [9.17, 15) is 9.59 Å². The summed E-state index contributed by atoms with van der Waals surface area (Å²) in [5, 5.41) is 4.00. The molecule has 0 atom stereocenters. The van der Waals surface area contributed by atoms with E-state index >= 15 is 0 Å². The first-order chi connectivity index (χ1) is 14.3. The Morgan fingerprint density at radius 3 is 2.50 bits per heavy atom. The molecule has 0 aliphatic heterocycles. The number of benzene rings is 1. The van der Waals surface area contributed by atoms with Crippen molar-refractivity contribution in [3.63, 3.8) is 0 Å². The number of methoxy groups -OCH3 is 1. The summed E-state index contributed by atoms with van der Waals surface area (Å²) < 4.78 is 22.9. The number of Topliss-reactive ketones (excluding diaryl/α,β-unsaturated/α-hetero) is 1. The van der Waals surface area contributed by atoms with Crippen LogP contribution in [0.4, 0.5) is 0 Å². The third-order valence-electron chi connectivity index (χ3n) is 4.61. The highest BCUT2D eigenvalue weighted by molar-refractivity contribution is 6.00. The molecule has 2 heterocycles. The van der Waals surface area contributed by atoms with E-state index in [-0.39, 0.29) is 18.0 Å². The highest BCUT2D eigenvalue weighted by atomic mass is 16.5. The van der Waals surface area contributed by atoms with Crippen LogP contribution in [0.2, 0.25) is 0 Å². The fourth-order valence-electron chi connectivity index (χ4n) is 3.22. The normalized spacial score (nSPS) is 10.7. The molecule has 2 aromatic heterocycles. The summed E-state index contributed by atoms with van der Waals surface area (Å²) in [6.45, 7) is 7.42. The number of nitrogens with zero attached hydrogens (tertiary/aromatic N) is 2. The quantitative estimate of drug-likeness (QED) is 0.410. The van der Waals surface area contributed by atoms with Crippen molar-refractivity contribution in [3.05, 3.63) is 58.6 Å². The molecule has 0 spiro atoms. The minimum atomic E-state index is -0.620. The van der Waals surface area contributed by atoms with Crippen LogP contribution in [0, 0.1) is 20.8 Å². The summed E-state index contributed by atoms with van der Waals surface area (Å²) in [6, 6.07) is 8.26. The first-order valence-electron chi connectivity index (χ1n) is 9.49. The average Bonchev–Trinajstić information content (AvgIpc) is 3.28. The fraction of sp³-hybridized carbons (Fsp3) is 0.318. The number of carbonyl (C=O) groups is 2. The second kappa shape index (κ2) is 8.86. The van der Waals surface area contributed by atoms with Gasteiger partial charge < -0.3 is 18.7 Å². The average molecular weight is 412 g/mol. The van der Waals surface area contributed by atoms with Crippen LogP contribution >= 0.6 is 0 Å². The second-order valence-corrected chi connectivity index (χ2v) is 6.71. The first kappa shape index (κ1) is 21.2. The number of aromatic nitrogens is 2. The molecule has 0 radical (unpaired) electrons. The van der Waals surface area contributed by atoms with Crippen molar-refractivity contribution < 1.29 is 28.3 Å². The van der Waals surface area contributed by atoms with E-state index < -0.39 is 5.97 Å². The maximum atomic E-state index is 12.7. The molecule has 1 aromatic carbocycles. The van der Waals surface area contributed by atoms with Gasteiger partial charge in [-0.05, 0) is 52.0 Å². The van der Waals surface area contributed by atoms with Crippen molar-refractivity contribution in [3.8, 4) is 17.3 Å². The van der Waals surface area contributed by atoms with E-state index in [4.69, 9.17) is 18.7 Å². The van der Waals surface area contributed by atoms with Gasteiger partial charge in [-0.1, -0.05) is 5.16 Å². The van der Waals surface area contributed by atoms with Crippen LogP contribution in [-0.4, -0.2) is 41.8 Å². The monoisotopic (exact) mass is 412 g/mol. The van der Waals surface area contributed by atoms with Crippen LogP contribution in [0.15, 0.2) is 34.9 Å². The molecule has 3 rings (SSSR count). The van der Waals surface area contributed by atoms with Gasteiger partial charge in [0, 0.05) is 23.0 Å². The molecule has 0 saturated carbocycles. The molecule has 0 unspecified atom stereocenters. The molecule has 0 saturated heterocycles. The van der Waals surface area contributed by atoms with Crippen LogP contribution in [0.3, 0.4) is 0 Å². The second-order valence-electron chi connectivity index (χ2n) is 6.71. The van der Waals surface area contributed by atoms with Crippen LogP contribution < -0.4 is 9.47 Å². The van der Waals surface area contributed by atoms with E-state index in [0.717, 1.165) is 5.69 Å². The van der Waals surface area contributed by atoms with Gasteiger partial charge in [0.25, 0.3) is 0 Å². The van der Waals surface area contributed by atoms with Crippen LogP contribution in [0.25, 0.3) is 5.82 Å². The maximum absolute atomic E-state index is 12.7. The van der Waals surface area contributed by atoms with Crippen molar-refractivity contribution in [2.75, 3.05) is 20.3 Å². The number of hydrogen-bond acceptors (Lipinski definition) is 7. The molecule has 0 N–H and O–H groups in total. The largest absolute Gasteiger partial charge is 0.493 e. The zero-order valence-corrected chi connectivity index (χ0v) is 17.6. The van der Waals surface area contributed by atoms with E-state index in [1.807, 2.05) is 25.3 Å². The number of ether oxygens (including phenoxy) is 3. The molecule has 8 nitrogen and oxygen atoms in total. The van der Waals surface area contributed by atoms with Crippen molar-refractivity contribution in [1.82, 2.24) is 9.72 Å². The summed E-state index contributed by atoms with van der Waals surface area (Å²) in [4.78, 5) is 25.1. The molecule has 8 heteroatoms. The predicted molar refractivity (Wildman–Crippen MR) is 109 cm³/mol. The minimum absolute atomic E-state index is 0.270. The van der Waals surface area contributed by atoms with E-state index in [1.165, 1.54) is 13.2 Å². The molecule has 0 amide bonds. The van der Waals surface area contributed by atoms with Gasteiger partial charge in [0.15, 0.2) is 23.9 Å². The van der Waals surface area contributed by atoms with Crippen molar-refractivity contribution in [1.29, 1.82) is 0 Å². The fourth-order valence-corrected chi connectivity index (χ4v) is 3.22. The highest BCUT2D eigenvalue weighted by Gasteiger charge is 2.20. The van der Waals surface area contributed by atoms with Crippen molar-refractivity contribution in [2.24, 2.45) is 0 Å². The molecule has 0 bridgehead atoms. The molecule has 0 aliphatic rings. The zero-order chi connectivity index (χ0) is 21.8. The predicted octanol–water partition coefficient (Wildman–Crippen LogP) is 3.84. The number of aryl methyl sites for hydroxylation is 2. The Kier molecular flexibility index (Phi) is 6.25. The molecule has 30 heavy (non-hydrogen) atoms. The molecule has 158 valence electrons. The summed E-state index contributed by atoms with van der Waals surface area (Å²) >= 11 is 0. The number of ketones is 1. The Morgan fingerprint density at radius 2 is 1.87 bits per heavy atom. The van der Waals surface area contributed by atoms with E-state index in [2.05, 4.69) is 5.16 Å². The van der Waals surface area contributed by atoms with Gasteiger partial charge in [-0.2, -0.15) is 0 Å². The van der Waals surface area contributed by atoms with Gasteiger partial charge in [0.1, 0.15) is 5.76 Å². The van der Waals surface area contributed by atoms with Gasteiger partial charge in [-0.3, -0.25) is 9.36 Å². The zero-order valence-electron chi connectivity index (χ0n) is 17.6. The molecule has 0 fully saturated rings. The van der Waals surface area contributed by atoms with Gasteiger partial charge >= 0.3 is 5.97 Å². The summed E-state index contributed by atoms with van der Waals surface area (Å²) in [5.74, 6) is 1.30. The topological polar surface area (TPSA) is 92.8 Å². The van der Waals surface area contributed by atoms with E-state index in [1.54, 1.807) is 31.2 Å². The molecular weight excluding hydrogens is 388 g/mol. The van der Waals surface area contributed by atoms with Crippen molar-refractivity contribution >= 4 is 11.8 Å². The smallest absolute Gasteiger partial charge is 0.338 e. The lowest BCUT2D eigenvalue weighted by atomic mass is 10.1. The highest BCUT2D eigenvalue weighted by Crippen LogP contribution is 2.28. The lowest BCUT2D eigenvalue weighted by Crippen LogP contribution is -2.15. The minimum Gasteiger partial charge on any atom is -0.493 e. The third-order valence-corrected chi connectivity index (χ3v) is 4.61. The van der Waals surface area contributed by atoms with Gasteiger partial charge in [-0.15, -0.1) is 0 Å².